The summed E-state index contributed by atoms with van der Waals surface area (Å²) >= 11 is 1.57. The number of thioether (sulfide) groups is 1. The van der Waals surface area contributed by atoms with Gasteiger partial charge >= 0.3 is 0 Å². The molecule has 1 amide bonds. The normalized spacial score (nSPS) is 10.5. The first kappa shape index (κ1) is 16.0. The van der Waals surface area contributed by atoms with Crippen LogP contribution in [0.5, 0.6) is 0 Å². The molecule has 1 aromatic carbocycles. The molecule has 0 saturated carbocycles. The zero-order valence-corrected chi connectivity index (χ0v) is 12.6. The number of nitrogens with zero attached hydrogens (tertiary/aromatic N) is 1. The fourth-order valence-electron chi connectivity index (χ4n) is 1.38. The van der Waals surface area contributed by atoms with Crippen molar-refractivity contribution in [1.29, 1.82) is 0 Å². The summed E-state index contributed by atoms with van der Waals surface area (Å²) in [5.74, 6) is 0.619. The zero-order valence-electron chi connectivity index (χ0n) is 11.8. The van der Waals surface area contributed by atoms with E-state index < -0.39 is 0 Å². The summed E-state index contributed by atoms with van der Waals surface area (Å²) in [7, 11) is 5.25. The van der Waals surface area contributed by atoms with E-state index in [1.165, 1.54) is 5.56 Å². The van der Waals surface area contributed by atoms with E-state index in [4.69, 9.17) is 4.74 Å². The van der Waals surface area contributed by atoms with Crippen molar-refractivity contribution in [3.05, 3.63) is 29.8 Å². The van der Waals surface area contributed by atoms with Crippen LogP contribution in [0.25, 0.3) is 0 Å². The quantitative estimate of drug-likeness (QED) is 0.581. The summed E-state index contributed by atoms with van der Waals surface area (Å²) in [6.07, 6.45) is 0. The first-order chi connectivity index (χ1) is 9.13. The molecule has 19 heavy (non-hydrogen) atoms. The highest BCUT2D eigenvalue weighted by Crippen LogP contribution is 2.18. The Morgan fingerprint density at radius 2 is 2.00 bits per heavy atom. The fraction of sp³-hybridized carbons (Fsp3) is 0.500. The second-order valence-electron chi connectivity index (χ2n) is 4.39. The van der Waals surface area contributed by atoms with Gasteiger partial charge in [0.05, 0.1) is 12.4 Å². The molecule has 1 aromatic rings. The largest absolute Gasteiger partial charge is 0.383 e. The van der Waals surface area contributed by atoms with Crippen molar-refractivity contribution in [3.63, 3.8) is 0 Å². The summed E-state index contributed by atoms with van der Waals surface area (Å²) < 4.78 is 4.97. The maximum absolute atomic E-state index is 11.5. The number of rotatable bonds is 8. The van der Waals surface area contributed by atoms with Gasteiger partial charge in [-0.05, 0) is 17.7 Å². The van der Waals surface area contributed by atoms with E-state index >= 15 is 0 Å². The molecule has 4 nitrogen and oxygen atoms in total. The van der Waals surface area contributed by atoms with Gasteiger partial charge in [-0.15, -0.1) is 11.8 Å². The number of benzene rings is 1. The Morgan fingerprint density at radius 3 is 2.58 bits per heavy atom. The number of carbonyl (C=O) groups excluding carboxylic acids is 1. The highest BCUT2D eigenvalue weighted by molar-refractivity contribution is 8.00. The Bertz CT molecular complexity index is 380. The number of ether oxygens (including phenoxy) is 1. The molecule has 0 aromatic heterocycles. The highest BCUT2D eigenvalue weighted by atomic mass is 32.2. The molecule has 0 saturated heterocycles. The lowest BCUT2D eigenvalue weighted by atomic mass is 10.2. The molecule has 1 rings (SSSR count). The molecule has 0 bridgehead atoms. The van der Waals surface area contributed by atoms with Crippen molar-refractivity contribution in [2.24, 2.45) is 0 Å². The standard InChI is InChI=1S/C14H22N2O2S/c1-16(2)14(17)11-19-13-6-4-12(5-7-13)10-15-8-9-18-3/h4-7,15H,8-11H2,1-3H3. The summed E-state index contributed by atoms with van der Waals surface area (Å²) in [6, 6.07) is 8.28. The molecule has 0 aliphatic rings. The number of carbonyl (C=O) groups is 1. The van der Waals surface area contributed by atoms with Crippen LogP contribution in [-0.2, 0) is 16.1 Å². The van der Waals surface area contributed by atoms with Crippen LogP contribution in [-0.4, -0.2) is 50.9 Å². The first-order valence-corrected chi connectivity index (χ1v) is 7.23. The van der Waals surface area contributed by atoms with Gasteiger partial charge in [0.15, 0.2) is 0 Å². The van der Waals surface area contributed by atoms with E-state index in [9.17, 15) is 4.79 Å². The molecule has 0 radical (unpaired) electrons. The average molecular weight is 282 g/mol. The first-order valence-electron chi connectivity index (χ1n) is 6.25. The Balaban J connectivity index is 2.33. The van der Waals surface area contributed by atoms with Crippen LogP contribution in [0.3, 0.4) is 0 Å². The highest BCUT2D eigenvalue weighted by Gasteiger charge is 2.04. The number of hydrogen-bond acceptors (Lipinski definition) is 4. The van der Waals surface area contributed by atoms with Crippen molar-refractivity contribution in [2.75, 3.05) is 40.1 Å². The topological polar surface area (TPSA) is 41.6 Å². The van der Waals surface area contributed by atoms with E-state index in [2.05, 4.69) is 29.6 Å². The molecule has 1 N–H and O–H groups in total. The van der Waals surface area contributed by atoms with E-state index in [0.29, 0.717) is 5.75 Å². The SMILES string of the molecule is COCCNCc1ccc(SCC(=O)N(C)C)cc1. The van der Waals surface area contributed by atoms with Gasteiger partial charge in [0.1, 0.15) is 0 Å². The van der Waals surface area contributed by atoms with Gasteiger partial charge in [0, 0.05) is 39.2 Å². The van der Waals surface area contributed by atoms with Gasteiger partial charge in [-0.3, -0.25) is 4.79 Å². The summed E-state index contributed by atoms with van der Waals surface area (Å²) in [4.78, 5) is 14.2. The van der Waals surface area contributed by atoms with Crippen LogP contribution < -0.4 is 5.32 Å². The van der Waals surface area contributed by atoms with Crippen molar-refractivity contribution < 1.29 is 9.53 Å². The second kappa shape index (κ2) is 8.96. The lowest BCUT2D eigenvalue weighted by molar-refractivity contribution is -0.125. The lowest BCUT2D eigenvalue weighted by Gasteiger charge is -2.10. The van der Waals surface area contributed by atoms with E-state index in [1.54, 1.807) is 37.9 Å². The van der Waals surface area contributed by atoms with Crippen LogP contribution in [0.15, 0.2) is 29.2 Å². The molecule has 0 unspecified atom stereocenters. The fourth-order valence-corrected chi connectivity index (χ4v) is 2.26. The van der Waals surface area contributed by atoms with Gasteiger partial charge in [-0.1, -0.05) is 12.1 Å². The predicted molar refractivity (Wildman–Crippen MR) is 79.4 cm³/mol. The minimum atomic E-state index is 0.135. The van der Waals surface area contributed by atoms with E-state index in [0.717, 1.165) is 24.6 Å². The average Bonchev–Trinajstić information content (AvgIpc) is 2.42. The number of methoxy groups -OCH3 is 1. The van der Waals surface area contributed by atoms with Crippen molar-refractivity contribution in [2.45, 2.75) is 11.4 Å². The molecule has 0 fully saturated rings. The smallest absolute Gasteiger partial charge is 0.232 e. The molecular weight excluding hydrogens is 260 g/mol. The molecule has 0 heterocycles. The Kier molecular flexibility index (Phi) is 7.55. The number of amides is 1. The molecule has 0 atom stereocenters. The molecular formula is C14H22N2O2S. The minimum Gasteiger partial charge on any atom is -0.383 e. The Hall–Kier alpha value is -1.04. The third-order valence-corrected chi connectivity index (χ3v) is 3.59. The predicted octanol–water partition coefficient (Wildman–Crippen LogP) is 1.60. The summed E-state index contributed by atoms with van der Waals surface area (Å²) in [5, 5.41) is 3.29. The minimum absolute atomic E-state index is 0.135. The van der Waals surface area contributed by atoms with Gasteiger partial charge in [-0.2, -0.15) is 0 Å². The second-order valence-corrected chi connectivity index (χ2v) is 5.44. The Labute approximate surface area is 119 Å². The van der Waals surface area contributed by atoms with Crippen molar-refractivity contribution >= 4 is 17.7 Å². The van der Waals surface area contributed by atoms with Gasteiger partial charge < -0.3 is 15.0 Å². The number of nitrogens with one attached hydrogen (secondary N) is 1. The van der Waals surface area contributed by atoms with E-state index in [1.807, 2.05) is 0 Å². The van der Waals surface area contributed by atoms with Gasteiger partial charge in [-0.25, -0.2) is 0 Å². The van der Waals surface area contributed by atoms with Crippen LogP contribution in [0.2, 0.25) is 0 Å². The van der Waals surface area contributed by atoms with Crippen LogP contribution in [0.4, 0.5) is 0 Å². The molecule has 5 heteroatoms. The monoisotopic (exact) mass is 282 g/mol. The summed E-state index contributed by atoms with van der Waals surface area (Å²) in [6.45, 7) is 2.41. The zero-order chi connectivity index (χ0) is 14.1. The lowest BCUT2D eigenvalue weighted by Crippen LogP contribution is -2.23. The third kappa shape index (κ3) is 6.61. The van der Waals surface area contributed by atoms with Crippen LogP contribution >= 0.6 is 11.8 Å². The third-order valence-electron chi connectivity index (χ3n) is 2.60. The van der Waals surface area contributed by atoms with Crippen LogP contribution in [0, 0.1) is 0 Å². The summed E-state index contributed by atoms with van der Waals surface area (Å²) in [5.41, 5.74) is 1.24. The molecule has 0 spiro atoms. The molecule has 0 aliphatic heterocycles. The maximum Gasteiger partial charge on any atom is 0.232 e. The van der Waals surface area contributed by atoms with Crippen molar-refractivity contribution in [1.82, 2.24) is 10.2 Å². The van der Waals surface area contributed by atoms with Crippen molar-refractivity contribution in [3.8, 4) is 0 Å². The van der Waals surface area contributed by atoms with Gasteiger partial charge in [0.25, 0.3) is 0 Å². The van der Waals surface area contributed by atoms with E-state index in [-0.39, 0.29) is 5.91 Å². The van der Waals surface area contributed by atoms with Crippen LogP contribution in [0.1, 0.15) is 5.56 Å². The van der Waals surface area contributed by atoms with Gasteiger partial charge in [0.2, 0.25) is 5.91 Å². The molecule has 106 valence electrons. The number of hydrogen-bond donors (Lipinski definition) is 1. The molecule has 0 aliphatic carbocycles. The maximum atomic E-state index is 11.5. The Morgan fingerprint density at radius 1 is 1.32 bits per heavy atom.